The number of likely N-dealkylation sites (N-methyl/N-ethyl adjacent to an activating group) is 1. The summed E-state index contributed by atoms with van der Waals surface area (Å²) in [6.45, 7) is 1.20. The second kappa shape index (κ2) is 8.22. The molecule has 2 heterocycles. The molecule has 1 amide bonds. The Morgan fingerprint density at radius 3 is 2.96 bits per heavy atom. The van der Waals surface area contributed by atoms with Crippen molar-refractivity contribution < 1.29 is 14.1 Å². The third-order valence-electron chi connectivity index (χ3n) is 4.42. The van der Waals surface area contributed by atoms with Crippen LogP contribution in [-0.4, -0.2) is 54.3 Å². The van der Waals surface area contributed by atoms with Crippen LogP contribution in [0.25, 0.3) is 0 Å². The first-order valence-corrected chi connectivity index (χ1v) is 8.50. The molecule has 0 bridgehead atoms. The highest BCUT2D eigenvalue weighted by Crippen LogP contribution is 2.29. The van der Waals surface area contributed by atoms with E-state index >= 15 is 0 Å². The summed E-state index contributed by atoms with van der Waals surface area (Å²) in [4.78, 5) is 18.5. The molecule has 0 saturated carbocycles. The second-order valence-electron chi connectivity index (χ2n) is 6.41. The van der Waals surface area contributed by atoms with Gasteiger partial charge in [-0.25, -0.2) is 0 Å². The summed E-state index contributed by atoms with van der Waals surface area (Å²) in [7, 11) is 3.60. The van der Waals surface area contributed by atoms with Gasteiger partial charge in [-0.05, 0) is 19.0 Å². The minimum atomic E-state index is 0.0104. The van der Waals surface area contributed by atoms with Crippen molar-refractivity contribution in [1.82, 2.24) is 20.4 Å². The van der Waals surface area contributed by atoms with Crippen LogP contribution in [0.3, 0.4) is 0 Å². The fraction of sp³-hybridized carbons (Fsp3) is 0.500. The number of nitrogens with zero attached hydrogens (tertiary/aromatic N) is 3. The maximum atomic E-state index is 11.9. The molecule has 0 spiro atoms. The predicted molar refractivity (Wildman–Crippen MR) is 92.0 cm³/mol. The third-order valence-corrected chi connectivity index (χ3v) is 4.42. The number of aromatic nitrogens is 2. The molecule has 0 unspecified atom stereocenters. The van der Waals surface area contributed by atoms with Crippen molar-refractivity contribution in [2.75, 3.05) is 27.3 Å². The summed E-state index contributed by atoms with van der Waals surface area (Å²) < 4.78 is 10.4. The highest BCUT2D eigenvalue weighted by atomic mass is 16.5. The zero-order valence-corrected chi connectivity index (χ0v) is 14.6. The summed E-state index contributed by atoms with van der Waals surface area (Å²) in [5.74, 6) is 1.31. The molecule has 7 nitrogen and oxygen atoms in total. The number of benzene rings is 1. The van der Waals surface area contributed by atoms with Crippen molar-refractivity contribution in [2.24, 2.45) is 0 Å². The lowest BCUT2D eigenvalue weighted by molar-refractivity contribution is -0.122. The minimum Gasteiger partial charge on any atom is -0.384 e. The van der Waals surface area contributed by atoms with E-state index in [4.69, 9.17) is 9.26 Å². The first-order valence-electron chi connectivity index (χ1n) is 8.50. The van der Waals surface area contributed by atoms with Gasteiger partial charge in [0.05, 0.1) is 12.6 Å². The van der Waals surface area contributed by atoms with E-state index in [2.05, 4.69) is 20.4 Å². The Kier molecular flexibility index (Phi) is 5.78. The van der Waals surface area contributed by atoms with E-state index in [1.54, 1.807) is 7.11 Å². The van der Waals surface area contributed by atoms with Crippen LogP contribution in [0.1, 0.15) is 36.2 Å². The van der Waals surface area contributed by atoms with Crippen molar-refractivity contribution in [3.63, 3.8) is 0 Å². The van der Waals surface area contributed by atoms with E-state index in [-0.39, 0.29) is 18.0 Å². The van der Waals surface area contributed by atoms with Gasteiger partial charge in [-0.1, -0.05) is 35.5 Å². The van der Waals surface area contributed by atoms with E-state index < -0.39 is 0 Å². The molecule has 25 heavy (non-hydrogen) atoms. The molecule has 2 atom stereocenters. The number of hydrogen-bond donors (Lipinski definition) is 1. The molecule has 1 aromatic heterocycles. The Hall–Kier alpha value is -2.25. The molecule has 0 radical (unpaired) electrons. The fourth-order valence-corrected chi connectivity index (χ4v) is 3.14. The van der Waals surface area contributed by atoms with Crippen LogP contribution >= 0.6 is 0 Å². The summed E-state index contributed by atoms with van der Waals surface area (Å²) in [5, 5.41) is 7.14. The van der Waals surface area contributed by atoms with Crippen molar-refractivity contribution in [3.8, 4) is 0 Å². The topological polar surface area (TPSA) is 80.5 Å². The predicted octanol–water partition coefficient (Wildman–Crippen LogP) is 1.56. The van der Waals surface area contributed by atoms with Gasteiger partial charge >= 0.3 is 0 Å². The van der Waals surface area contributed by atoms with Crippen LogP contribution in [0.4, 0.5) is 0 Å². The van der Waals surface area contributed by atoms with Gasteiger partial charge < -0.3 is 14.6 Å². The van der Waals surface area contributed by atoms with E-state index in [1.807, 2.05) is 37.4 Å². The molecule has 7 heteroatoms. The number of carbonyl (C=O) groups excluding carboxylic acids is 1. The minimum absolute atomic E-state index is 0.0104. The average molecular weight is 344 g/mol. The number of amides is 1. The van der Waals surface area contributed by atoms with Gasteiger partial charge in [0, 0.05) is 32.5 Å². The van der Waals surface area contributed by atoms with E-state index in [0.717, 1.165) is 18.5 Å². The van der Waals surface area contributed by atoms with Gasteiger partial charge in [0.25, 0.3) is 0 Å². The smallest absolute Gasteiger partial charge is 0.244 e. The largest absolute Gasteiger partial charge is 0.384 e. The zero-order chi connectivity index (χ0) is 17.6. The Morgan fingerprint density at radius 2 is 2.20 bits per heavy atom. The molecular formula is C18H24N4O3. The van der Waals surface area contributed by atoms with Gasteiger partial charge in [0.2, 0.25) is 11.8 Å². The molecule has 1 N–H and O–H groups in total. The first-order chi connectivity index (χ1) is 12.2. The number of hydrogen-bond acceptors (Lipinski definition) is 6. The van der Waals surface area contributed by atoms with Crippen LogP contribution in [0, 0.1) is 0 Å². The fourth-order valence-electron chi connectivity index (χ4n) is 3.14. The number of carbonyl (C=O) groups is 1. The number of rotatable bonds is 7. The third kappa shape index (κ3) is 4.64. The molecule has 2 aromatic rings. The Morgan fingerprint density at radius 1 is 1.40 bits per heavy atom. The summed E-state index contributed by atoms with van der Waals surface area (Å²) >= 11 is 0. The zero-order valence-electron chi connectivity index (χ0n) is 14.6. The average Bonchev–Trinajstić information content (AvgIpc) is 3.20. The molecule has 1 saturated heterocycles. The molecule has 0 aliphatic carbocycles. The van der Waals surface area contributed by atoms with E-state index in [1.165, 1.54) is 0 Å². The lowest BCUT2D eigenvalue weighted by Gasteiger charge is -2.14. The number of ether oxygens (including phenoxy) is 1. The van der Waals surface area contributed by atoms with Crippen LogP contribution in [0.5, 0.6) is 0 Å². The Bertz CT molecular complexity index is 689. The van der Waals surface area contributed by atoms with Crippen LogP contribution < -0.4 is 5.32 Å². The molecule has 1 aliphatic rings. The highest BCUT2D eigenvalue weighted by molar-refractivity contribution is 5.76. The second-order valence-corrected chi connectivity index (χ2v) is 6.41. The van der Waals surface area contributed by atoms with Gasteiger partial charge in [0.1, 0.15) is 0 Å². The molecule has 1 aromatic carbocycles. The normalized spacial score (nSPS) is 20.7. The Balaban J connectivity index is 1.58. The van der Waals surface area contributed by atoms with Gasteiger partial charge in [-0.3, -0.25) is 9.69 Å². The molecule has 3 rings (SSSR count). The molecule has 134 valence electrons. The van der Waals surface area contributed by atoms with E-state index in [9.17, 15) is 4.79 Å². The van der Waals surface area contributed by atoms with Crippen molar-refractivity contribution >= 4 is 5.91 Å². The number of methoxy groups -OCH3 is 1. The van der Waals surface area contributed by atoms with E-state index in [0.29, 0.717) is 31.2 Å². The van der Waals surface area contributed by atoms with Crippen molar-refractivity contribution in [2.45, 2.75) is 31.3 Å². The van der Waals surface area contributed by atoms with Crippen molar-refractivity contribution in [3.05, 3.63) is 47.6 Å². The molecule has 1 aliphatic heterocycles. The quantitative estimate of drug-likeness (QED) is 0.821. The first kappa shape index (κ1) is 17.6. The van der Waals surface area contributed by atoms with Crippen LogP contribution in [-0.2, 0) is 16.0 Å². The number of likely N-dealkylation sites (tertiary alicyclic amines) is 1. The number of nitrogens with one attached hydrogen (secondary N) is 1. The summed E-state index contributed by atoms with van der Waals surface area (Å²) in [6.07, 6.45) is 1.79. The molecular weight excluding hydrogens is 320 g/mol. The summed E-state index contributed by atoms with van der Waals surface area (Å²) in [6, 6.07) is 10.2. The highest BCUT2D eigenvalue weighted by Gasteiger charge is 2.35. The van der Waals surface area contributed by atoms with Crippen molar-refractivity contribution in [1.29, 1.82) is 0 Å². The van der Waals surface area contributed by atoms with Crippen LogP contribution in [0.15, 0.2) is 34.9 Å². The molecule has 1 fully saturated rings. The standard InChI is InChI=1S/C18H24N4O3/c1-22-12-14(19-17(23)8-9-24-2)11-15(22)18-20-16(21-25-18)10-13-6-4-3-5-7-13/h3-7,14-15H,8-12H2,1-2H3,(H,19,23)/t14-,15-/m0/s1. The van der Waals surface area contributed by atoms with Gasteiger partial charge in [-0.15, -0.1) is 0 Å². The van der Waals surface area contributed by atoms with Gasteiger partial charge in [0.15, 0.2) is 5.82 Å². The lowest BCUT2D eigenvalue weighted by atomic mass is 10.1. The Labute approximate surface area is 147 Å². The van der Waals surface area contributed by atoms with Gasteiger partial charge in [-0.2, -0.15) is 4.98 Å². The summed E-state index contributed by atoms with van der Waals surface area (Å²) in [5.41, 5.74) is 1.15. The SMILES string of the molecule is COCCC(=O)N[C@H]1C[C@@H](c2nc(Cc3ccccc3)no2)N(C)C1. The maximum absolute atomic E-state index is 11.9. The lowest BCUT2D eigenvalue weighted by Crippen LogP contribution is -2.36. The van der Waals surface area contributed by atoms with Crippen LogP contribution in [0.2, 0.25) is 0 Å². The maximum Gasteiger partial charge on any atom is 0.244 e. The monoisotopic (exact) mass is 344 g/mol.